The van der Waals surface area contributed by atoms with Gasteiger partial charge in [0.15, 0.2) is 0 Å². The van der Waals surface area contributed by atoms with Crippen molar-refractivity contribution in [3.05, 3.63) is 71.0 Å². The highest BCUT2D eigenvalue weighted by Crippen LogP contribution is 2.23. The smallest absolute Gasteiger partial charge is 0.254 e. The van der Waals surface area contributed by atoms with Crippen LogP contribution in [0.25, 0.3) is 0 Å². The van der Waals surface area contributed by atoms with E-state index >= 15 is 0 Å². The van der Waals surface area contributed by atoms with Crippen molar-refractivity contribution in [2.45, 2.75) is 39.3 Å². The molecule has 0 saturated carbocycles. The molecule has 0 aliphatic carbocycles. The molecule has 1 aliphatic rings. The third-order valence-electron chi connectivity index (χ3n) is 6.74. The number of amides is 2. The number of sulfonamides is 1. The molecule has 2 aromatic rings. The topological polar surface area (TPSA) is 87.2 Å². The normalized spacial score (nSPS) is 14.7. The minimum atomic E-state index is -3.63. The summed E-state index contributed by atoms with van der Waals surface area (Å²) in [5.41, 5.74) is 2.19. The predicted octanol–water partition coefficient (Wildman–Crippen LogP) is 3.07. The van der Waals surface area contributed by atoms with Crippen LogP contribution in [0.2, 0.25) is 0 Å². The molecule has 8 nitrogen and oxygen atoms in total. The van der Waals surface area contributed by atoms with Gasteiger partial charge in [0.2, 0.25) is 15.9 Å². The van der Waals surface area contributed by atoms with E-state index in [9.17, 15) is 22.4 Å². The summed E-state index contributed by atoms with van der Waals surface area (Å²) in [5.74, 6) is -0.938. The summed E-state index contributed by atoms with van der Waals surface area (Å²) < 4.78 is 45.3. The molecule has 3 rings (SSSR count). The lowest BCUT2D eigenvalue weighted by atomic mass is 10.00. The van der Waals surface area contributed by atoms with E-state index in [4.69, 9.17) is 4.74 Å². The number of nitrogens with zero attached hydrogens (tertiary/aromatic N) is 3. The van der Waals surface area contributed by atoms with Gasteiger partial charge in [-0.25, -0.2) is 12.8 Å². The van der Waals surface area contributed by atoms with Crippen molar-refractivity contribution >= 4 is 21.8 Å². The number of halogens is 1. The van der Waals surface area contributed by atoms with Gasteiger partial charge in [0, 0.05) is 44.9 Å². The molecule has 0 spiro atoms. The number of benzene rings is 2. The van der Waals surface area contributed by atoms with Crippen LogP contribution >= 0.6 is 0 Å². The highest BCUT2D eigenvalue weighted by atomic mass is 32.2. The third-order valence-corrected chi connectivity index (χ3v) is 8.57. The van der Waals surface area contributed by atoms with E-state index in [0.29, 0.717) is 37.1 Å². The number of methoxy groups -OCH3 is 1. The zero-order valence-electron chi connectivity index (χ0n) is 21.7. The first-order valence-electron chi connectivity index (χ1n) is 12.5. The van der Waals surface area contributed by atoms with Crippen LogP contribution < -0.4 is 0 Å². The van der Waals surface area contributed by atoms with Gasteiger partial charge in [-0.3, -0.25) is 9.59 Å². The Balaban J connectivity index is 1.78. The molecule has 1 aliphatic heterocycles. The van der Waals surface area contributed by atoms with Gasteiger partial charge in [-0.05, 0) is 56.0 Å². The fourth-order valence-electron chi connectivity index (χ4n) is 4.55. The first kappa shape index (κ1) is 28.7. The number of rotatable bonds is 11. The van der Waals surface area contributed by atoms with Crippen molar-refractivity contribution in [2.24, 2.45) is 0 Å². The summed E-state index contributed by atoms with van der Waals surface area (Å²) in [6.07, 6.45) is 1.08. The number of ether oxygens (including phenoxy) is 1. The van der Waals surface area contributed by atoms with E-state index in [1.165, 1.54) is 26.2 Å². The molecule has 0 atom stereocenters. The number of carbonyl (C=O) groups is 2. The molecule has 2 amide bonds. The number of likely N-dealkylation sites (tertiary alicyclic amines) is 1. The van der Waals surface area contributed by atoms with Gasteiger partial charge in [0.1, 0.15) is 5.82 Å². The Morgan fingerprint density at radius 3 is 2.43 bits per heavy atom. The van der Waals surface area contributed by atoms with Gasteiger partial charge in [-0.15, -0.1) is 0 Å². The van der Waals surface area contributed by atoms with E-state index in [1.54, 1.807) is 21.9 Å². The van der Waals surface area contributed by atoms with Crippen molar-refractivity contribution in [3.63, 3.8) is 0 Å². The second-order valence-electron chi connectivity index (χ2n) is 9.22. The molecule has 0 aromatic heterocycles. The number of hydrogen-bond acceptors (Lipinski definition) is 5. The first-order chi connectivity index (χ1) is 17.7. The molecular weight excluding hydrogens is 497 g/mol. The zero-order chi connectivity index (χ0) is 27.0. The van der Waals surface area contributed by atoms with Gasteiger partial charge >= 0.3 is 0 Å². The summed E-state index contributed by atoms with van der Waals surface area (Å²) in [6.45, 7) is 4.42. The van der Waals surface area contributed by atoms with E-state index < -0.39 is 15.8 Å². The van der Waals surface area contributed by atoms with Gasteiger partial charge in [0.05, 0.1) is 18.9 Å². The fraction of sp³-hybridized carbons (Fsp3) is 0.481. The summed E-state index contributed by atoms with van der Waals surface area (Å²) in [7, 11) is -2.16. The maximum absolute atomic E-state index is 13.9. The second-order valence-corrected chi connectivity index (χ2v) is 11.5. The number of carbonyl (C=O) groups excluding carboxylic acids is 2. The fourth-order valence-corrected chi connectivity index (χ4v) is 5.58. The maximum Gasteiger partial charge on any atom is 0.254 e. The molecule has 0 radical (unpaired) electrons. The lowest BCUT2D eigenvalue weighted by Gasteiger charge is -2.39. The Kier molecular flexibility index (Phi) is 10.2. The van der Waals surface area contributed by atoms with Crippen LogP contribution in [0.4, 0.5) is 4.39 Å². The van der Waals surface area contributed by atoms with Crippen LogP contribution in [0.3, 0.4) is 0 Å². The zero-order valence-corrected chi connectivity index (χ0v) is 22.5. The van der Waals surface area contributed by atoms with Crippen LogP contribution in [0, 0.1) is 12.7 Å². The Morgan fingerprint density at radius 2 is 1.81 bits per heavy atom. The lowest BCUT2D eigenvalue weighted by molar-refractivity contribution is -0.135. The average molecular weight is 534 g/mol. The minimum Gasteiger partial charge on any atom is -0.383 e. The molecule has 37 heavy (non-hydrogen) atoms. The Labute approximate surface area is 219 Å². The monoisotopic (exact) mass is 533 g/mol. The van der Waals surface area contributed by atoms with Crippen molar-refractivity contribution in [3.8, 4) is 0 Å². The highest BCUT2D eigenvalue weighted by Gasteiger charge is 2.33. The third kappa shape index (κ3) is 7.59. The lowest BCUT2D eigenvalue weighted by Crippen LogP contribution is -2.51. The molecule has 1 fully saturated rings. The Bertz CT molecular complexity index is 1180. The SMILES string of the molecule is CCS(=O)(=O)N(CCOC)CC(=O)N(Cc1cccc(F)c1)C1CCN(C(=O)c2ccccc2C)CC1. The Morgan fingerprint density at radius 1 is 1.11 bits per heavy atom. The predicted molar refractivity (Wildman–Crippen MR) is 140 cm³/mol. The van der Waals surface area contributed by atoms with E-state index in [-0.39, 0.29) is 49.9 Å². The number of hydrogen-bond donors (Lipinski definition) is 0. The molecule has 10 heteroatoms. The molecule has 0 N–H and O–H groups in total. The standard InChI is InChI=1S/C27H36FN3O5S/c1-4-37(34,35)30(16-17-36-3)20-26(32)31(19-22-9-7-10-23(28)18-22)24-12-14-29(15-13-24)27(33)25-11-6-5-8-21(25)2/h5-11,18,24H,4,12-17,19-20H2,1-3H3. The quantitative estimate of drug-likeness (QED) is 0.443. The molecule has 1 heterocycles. The van der Waals surface area contributed by atoms with E-state index in [2.05, 4.69) is 0 Å². The number of aryl methyl sites for hydroxylation is 1. The van der Waals surface area contributed by atoms with Crippen LogP contribution in [-0.2, 0) is 26.1 Å². The molecule has 0 unspecified atom stereocenters. The Hall–Kier alpha value is -2.82. The van der Waals surface area contributed by atoms with E-state index in [0.717, 1.165) is 9.87 Å². The van der Waals surface area contributed by atoms with Crippen molar-refractivity contribution < 1.29 is 27.1 Å². The maximum atomic E-state index is 13.9. The van der Waals surface area contributed by atoms with Crippen LogP contribution in [0.5, 0.6) is 0 Å². The second kappa shape index (κ2) is 13.1. The van der Waals surface area contributed by atoms with Gasteiger partial charge in [0.25, 0.3) is 5.91 Å². The summed E-state index contributed by atoms with van der Waals surface area (Å²) in [4.78, 5) is 30.0. The largest absolute Gasteiger partial charge is 0.383 e. The van der Waals surface area contributed by atoms with Crippen molar-refractivity contribution in [1.82, 2.24) is 14.1 Å². The summed E-state index contributed by atoms with van der Waals surface area (Å²) in [6, 6.07) is 13.3. The van der Waals surface area contributed by atoms with Crippen LogP contribution in [-0.4, -0.2) is 86.0 Å². The summed E-state index contributed by atoms with van der Waals surface area (Å²) in [5, 5.41) is 0. The van der Waals surface area contributed by atoms with Gasteiger partial charge < -0.3 is 14.5 Å². The molecule has 1 saturated heterocycles. The first-order valence-corrected chi connectivity index (χ1v) is 14.1. The highest BCUT2D eigenvalue weighted by molar-refractivity contribution is 7.89. The van der Waals surface area contributed by atoms with Gasteiger partial charge in [-0.1, -0.05) is 30.3 Å². The molecule has 202 valence electrons. The minimum absolute atomic E-state index is 0.0423. The summed E-state index contributed by atoms with van der Waals surface area (Å²) >= 11 is 0. The number of piperidine rings is 1. The van der Waals surface area contributed by atoms with Crippen molar-refractivity contribution in [1.29, 1.82) is 0 Å². The van der Waals surface area contributed by atoms with E-state index in [1.807, 2.05) is 31.2 Å². The molecule has 2 aromatic carbocycles. The van der Waals surface area contributed by atoms with Crippen LogP contribution in [0.15, 0.2) is 48.5 Å². The van der Waals surface area contributed by atoms with Crippen LogP contribution in [0.1, 0.15) is 41.3 Å². The average Bonchev–Trinajstić information content (AvgIpc) is 2.89. The van der Waals surface area contributed by atoms with Crippen molar-refractivity contribution in [2.75, 3.05) is 45.6 Å². The van der Waals surface area contributed by atoms with Gasteiger partial charge in [-0.2, -0.15) is 4.31 Å². The molecule has 0 bridgehead atoms. The molecular formula is C27H36FN3O5S.